The van der Waals surface area contributed by atoms with E-state index >= 15 is 0 Å². The minimum absolute atomic E-state index is 0.0842. The first-order valence-electron chi connectivity index (χ1n) is 9.72. The van der Waals surface area contributed by atoms with E-state index in [1.165, 1.54) is 20.3 Å². The Morgan fingerprint density at radius 3 is 2.76 bits per heavy atom. The maximum atomic E-state index is 13.4. The number of ether oxygens (including phenoxy) is 3. The number of furan rings is 1. The lowest BCUT2D eigenvalue weighted by Crippen LogP contribution is -2.46. The Balaban J connectivity index is 1.74. The molecule has 1 saturated carbocycles. The van der Waals surface area contributed by atoms with Crippen LogP contribution in [0.2, 0.25) is 0 Å². The summed E-state index contributed by atoms with van der Waals surface area (Å²) >= 11 is 0. The van der Waals surface area contributed by atoms with Crippen molar-refractivity contribution >= 4 is 23.5 Å². The third-order valence-electron chi connectivity index (χ3n) is 6.51. The van der Waals surface area contributed by atoms with E-state index < -0.39 is 30.1 Å². The van der Waals surface area contributed by atoms with Crippen molar-refractivity contribution in [1.82, 2.24) is 0 Å². The lowest BCUT2D eigenvalue weighted by atomic mass is 9.64. The minimum atomic E-state index is -0.730. The Bertz CT molecular complexity index is 983. The van der Waals surface area contributed by atoms with Crippen molar-refractivity contribution in [3.05, 3.63) is 34.3 Å². The summed E-state index contributed by atoms with van der Waals surface area (Å²) in [5, 5.41) is 0. The molecule has 1 fully saturated rings. The molecule has 8 heteroatoms. The SMILES string of the molecule is COC[C@@H]1OC(=O)c2coc3c2C1C1=C(C3=O)[C@H]2CCC(=O)C2C[C@@H]1OC(C)=O. The van der Waals surface area contributed by atoms with Crippen LogP contribution in [0.25, 0.3) is 0 Å². The van der Waals surface area contributed by atoms with Crippen LogP contribution in [-0.2, 0) is 23.8 Å². The molecule has 8 nitrogen and oxygen atoms in total. The van der Waals surface area contributed by atoms with Gasteiger partial charge in [0.1, 0.15) is 29.8 Å². The Hall–Kier alpha value is -2.74. The summed E-state index contributed by atoms with van der Waals surface area (Å²) in [6.07, 6.45) is 1.14. The van der Waals surface area contributed by atoms with E-state index in [0.717, 1.165) is 0 Å². The van der Waals surface area contributed by atoms with Crippen molar-refractivity contribution in [2.45, 2.75) is 44.3 Å². The zero-order chi connectivity index (χ0) is 20.4. The van der Waals surface area contributed by atoms with Gasteiger partial charge in [0.25, 0.3) is 0 Å². The molecule has 5 atom stereocenters. The summed E-state index contributed by atoms with van der Waals surface area (Å²) in [7, 11) is 1.50. The van der Waals surface area contributed by atoms with Crippen LogP contribution in [0, 0.1) is 11.8 Å². The molecule has 5 rings (SSSR count). The first-order valence-corrected chi connectivity index (χ1v) is 9.72. The van der Waals surface area contributed by atoms with Gasteiger partial charge in [-0.05, 0) is 24.3 Å². The number of carbonyl (C=O) groups excluding carboxylic acids is 4. The third kappa shape index (κ3) is 2.48. The summed E-state index contributed by atoms with van der Waals surface area (Å²) < 4.78 is 22.0. The maximum Gasteiger partial charge on any atom is 0.342 e. The molecular formula is C21H20O8. The summed E-state index contributed by atoms with van der Waals surface area (Å²) in [5.41, 5.74) is 1.80. The van der Waals surface area contributed by atoms with Gasteiger partial charge in [-0.2, -0.15) is 0 Å². The lowest BCUT2D eigenvalue weighted by Gasteiger charge is -2.43. The quantitative estimate of drug-likeness (QED) is 0.709. The fourth-order valence-corrected chi connectivity index (χ4v) is 5.51. The Morgan fingerprint density at radius 1 is 1.24 bits per heavy atom. The first-order chi connectivity index (χ1) is 13.9. The number of hydrogen-bond acceptors (Lipinski definition) is 8. The normalized spacial score (nSPS) is 32.5. The average molecular weight is 400 g/mol. The van der Waals surface area contributed by atoms with Crippen LogP contribution in [0.4, 0.5) is 0 Å². The van der Waals surface area contributed by atoms with Crippen molar-refractivity contribution in [2.75, 3.05) is 13.7 Å². The lowest BCUT2D eigenvalue weighted by molar-refractivity contribution is -0.147. The van der Waals surface area contributed by atoms with E-state index in [0.29, 0.717) is 36.0 Å². The Labute approximate surface area is 166 Å². The van der Waals surface area contributed by atoms with Crippen LogP contribution in [0.5, 0.6) is 0 Å². The van der Waals surface area contributed by atoms with Gasteiger partial charge in [0.15, 0.2) is 5.76 Å². The molecule has 0 aromatic carbocycles. The van der Waals surface area contributed by atoms with E-state index in [9.17, 15) is 19.2 Å². The van der Waals surface area contributed by atoms with Gasteiger partial charge in [-0.1, -0.05) is 0 Å². The number of esters is 2. The predicted molar refractivity (Wildman–Crippen MR) is 95.3 cm³/mol. The highest BCUT2D eigenvalue weighted by Crippen LogP contribution is 2.55. The third-order valence-corrected chi connectivity index (χ3v) is 6.51. The van der Waals surface area contributed by atoms with Gasteiger partial charge in [0, 0.05) is 37.5 Å². The summed E-state index contributed by atoms with van der Waals surface area (Å²) in [5.74, 6) is -2.30. The van der Waals surface area contributed by atoms with Crippen molar-refractivity contribution in [3.63, 3.8) is 0 Å². The van der Waals surface area contributed by atoms with Crippen molar-refractivity contribution in [3.8, 4) is 0 Å². The van der Waals surface area contributed by atoms with Gasteiger partial charge >= 0.3 is 11.9 Å². The number of methoxy groups -OCH3 is 1. The van der Waals surface area contributed by atoms with E-state index in [2.05, 4.69) is 0 Å². The number of carbonyl (C=O) groups is 4. The minimum Gasteiger partial charge on any atom is -0.460 e. The molecular weight excluding hydrogens is 380 g/mol. The number of Topliss-reactive ketones (excluding diaryl/α,β-unsaturated/α-hetero) is 2. The zero-order valence-electron chi connectivity index (χ0n) is 16.1. The molecule has 4 aliphatic rings. The largest absolute Gasteiger partial charge is 0.460 e. The summed E-state index contributed by atoms with van der Waals surface area (Å²) in [6, 6.07) is 0. The fraction of sp³-hybridized carbons (Fsp3) is 0.524. The van der Waals surface area contributed by atoms with Gasteiger partial charge < -0.3 is 18.6 Å². The summed E-state index contributed by atoms with van der Waals surface area (Å²) in [6.45, 7) is 1.42. The van der Waals surface area contributed by atoms with Gasteiger partial charge in [0.2, 0.25) is 5.78 Å². The Kier molecular flexibility index (Phi) is 4.03. The second-order valence-corrected chi connectivity index (χ2v) is 8.02. The van der Waals surface area contributed by atoms with Gasteiger partial charge in [-0.3, -0.25) is 14.4 Å². The molecule has 0 spiro atoms. The zero-order valence-corrected chi connectivity index (χ0v) is 16.1. The molecule has 0 radical (unpaired) electrons. The summed E-state index contributed by atoms with van der Waals surface area (Å²) in [4.78, 5) is 50.1. The maximum absolute atomic E-state index is 13.4. The van der Waals surface area contributed by atoms with Crippen molar-refractivity contribution < 1.29 is 37.8 Å². The second-order valence-electron chi connectivity index (χ2n) is 8.02. The van der Waals surface area contributed by atoms with E-state index in [1.807, 2.05) is 0 Å². The first kappa shape index (κ1) is 18.3. The highest BCUT2D eigenvalue weighted by molar-refractivity contribution is 6.13. The van der Waals surface area contributed by atoms with Crippen LogP contribution in [-0.4, -0.2) is 49.4 Å². The molecule has 0 saturated heterocycles. The predicted octanol–water partition coefficient (Wildman–Crippen LogP) is 1.97. The van der Waals surface area contributed by atoms with Crippen LogP contribution in [0.3, 0.4) is 0 Å². The number of allylic oxidation sites excluding steroid dienone is 1. The van der Waals surface area contributed by atoms with E-state index in [4.69, 9.17) is 18.6 Å². The van der Waals surface area contributed by atoms with Crippen LogP contribution >= 0.6 is 0 Å². The van der Waals surface area contributed by atoms with Gasteiger partial charge in [0.05, 0.1) is 12.5 Å². The van der Waals surface area contributed by atoms with Crippen molar-refractivity contribution in [1.29, 1.82) is 0 Å². The van der Waals surface area contributed by atoms with E-state index in [-0.39, 0.29) is 41.3 Å². The molecule has 2 heterocycles. The topological polar surface area (TPSA) is 109 Å². The number of hydrogen-bond donors (Lipinski definition) is 0. The van der Waals surface area contributed by atoms with Crippen LogP contribution < -0.4 is 0 Å². The smallest absolute Gasteiger partial charge is 0.342 e. The Morgan fingerprint density at radius 2 is 2.03 bits per heavy atom. The average Bonchev–Trinajstić information content (AvgIpc) is 3.26. The van der Waals surface area contributed by atoms with Gasteiger partial charge in [-0.15, -0.1) is 0 Å². The van der Waals surface area contributed by atoms with Crippen LogP contribution in [0.1, 0.15) is 58.6 Å². The molecule has 0 amide bonds. The number of cyclic esters (lactones) is 1. The highest BCUT2D eigenvalue weighted by atomic mass is 16.6. The molecule has 3 aliphatic carbocycles. The van der Waals surface area contributed by atoms with Crippen molar-refractivity contribution in [2.24, 2.45) is 11.8 Å². The number of fused-ring (bicyclic) bond motifs is 3. The molecule has 152 valence electrons. The monoisotopic (exact) mass is 400 g/mol. The number of ketones is 2. The number of rotatable bonds is 3. The van der Waals surface area contributed by atoms with E-state index in [1.54, 1.807) is 0 Å². The van der Waals surface area contributed by atoms with Gasteiger partial charge in [-0.25, -0.2) is 4.79 Å². The molecule has 1 aromatic rings. The molecule has 1 aromatic heterocycles. The molecule has 1 aliphatic heterocycles. The molecule has 29 heavy (non-hydrogen) atoms. The van der Waals surface area contributed by atoms with Crippen LogP contribution in [0.15, 0.2) is 21.8 Å². The standard InChI is InChI=1S/C21H20O8/c1-8(22)28-13-5-10-9(3-4-12(10)23)15-17(13)18-14(7-26-2)29-21(25)11-6-27-20(16(11)18)19(15)24/h6,9-10,13-14,18H,3-5,7H2,1-2H3/t9-,10?,13-,14-,18?/m0/s1. The molecule has 2 unspecified atom stereocenters. The molecule has 0 N–H and O–H groups in total. The second kappa shape index (κ2) is 6.38. The highest BCUT2D eigenvalue weighted by Gasteiger charge is 2.56. The molecule has 0 bridgehead atoms. The fourth-order valence-electron chi connectivity index (χ4n) is 5.51.